The molecule has 0 saturated carbocycles. The van der Waals surface area contributed by atoms with Crippen molar-refractivity contribution in [3.63, 3.8) is 0 Å². The first-order valence-electron chi connectivity index (χ1n) is 6.01. The van der Waals surface area contributed by atoms with Gasteiger partial charge in [-0.1, -0.05) is 23.7 Å². The van der Waals surface area contributed by atoms with Crippen LogP contribution < -0.4 is 5.14 Å². The number of carbonyl (C=O) groups is 1. The molecule has 5 nitrogen and oxygen atoms in total. The second-order valence-corrected chi connectivity index (χ2v) is 6.33. The fourth-order valence-corrected chi connectivity index (χ4v) is 2.78. The van der Waals surface area contributed by atoms with Crippen molar-refractivity contribution >= 4 is 27.6 Å². The molecule has 2 aromatic rings. The van der Waals surface area contributed by atoms with Crippen LogP contribution in [0.1, 0.15) is 15.9 Å². The zero-order valence-corrected chi connectivity index (χ0v) is 12.7. The molecule has 0 unspecified atom stereocenters. The second-order valence-electron chi connectivity index (χ2n) is 4.40. The Morgan fingerprint density at radius 1 is 1.23 bits per heavy atom. The maximum Gasteiger partial charge on any atom is 0.338 e. The van der Waals surface area contributed by atoms with Crippen LogP contribution >= 0.6 is 11.6 Å². The Balaban J connectivity index is 2.17. The second kappa shape index (κ2) is 6.43. The van der Waals surface area contributed by atoms with Crippen LogP contribution in [0.15, 0.2) is 47.4 Å². The molecule has 0 aliphatic rings. The lowest BCUT2D eigenvalue weighted by atomic mass is 10.2. The molecule has 2 rings (SSSR count). The van der Waals surface area contributed by atoms with Crippen molar-refractivity contribution in [2.45, 2.75) is 11.5 Å². The summed E-state index contributed by atoms with van der Waals surface area (Å²) in [5.74, 6) is -1.22. The van der Waals surface area contributed by atoms with Crippen LogP contribution in [0.4, 0.5) is 4.39 Å². The first kappa shape index (κ1) is 16.4. The molecule has 8 heteroatoms. The number of benzene rings is 2. The van der Waals surface area contributed by atoms with Gasteiger partial charge in [0.25, 0.3) is 0 Å². The van der Waals surface area contributed by atoms with Gasteiger partial charge < -0.3 is 4.74 Å². The van der Waals surface area contributed by atoms with E-state index < -0.39 is 21.8 Å². The molecule has 0 heterocycles. The van der Waals surface area contributed by atoms with Gasteiger partial charge in [0.2, 0.25) is 10.0 Å². The van der Waals surface area contributed by atoms with E-state index in [1.165, 1.54) is 30.3 Å². The van der Waals surface area contributed by atoms with Gasteiger partial charge in [0.05, 0.1) is 10.6 Å². The number of ether oxygens (including phenoxy) is 1. The monoisotopic (exact) mass is 343 g/mol. The van der Waals surface area contributed by atoms with Crippen molar-refractivity contribution in [1.29, 1.82) is 0 Å². The average Bonchev–Trinajstić information content (AvgIpc) is 2.44. The van der Waals surface area contributed by atoms with Crippen molar-refractivity contribution in [2.75, 3.05) is 0 Å². The zero-order chi connectivity index (χ0) is 16.3. The smallest absolute Gasteiger partial charge is 0.338 e. The van der Waals surface area contributed by atoms with E-state index >= 15 is 0 Å². The van der Waals surface area contributed by atoms with E-state index in [0.717, 1.165) is 6.07 Å². The molecule has 0 aromatic heterocycles. The fourth-order valence-electron chi connectivity index (χ4n) is 1.71. The Morgan fingerprint density at radius 3 is 2.59 bits per heavy atom. The number of hydrogen-bond donors (Lipinski definition) is 1. The molecular formula is C14H11ClFNO4S. The number of rotatable bonds is 4. The van der Waals surface area contributed by atoms with Gasteiger partial charge in [-0.25, -0.2) is 22.7 Å². The van der Waals surface area contributed by atoms with Gasteiger partial charge in [0.1, 0.15) is 17.3 Å². The molecule has 0 spiro atoms. The van der Waals surface area contributed by atoms with Crippen LogP contribution in [0.2, 0.25) is 5.02 Å². The van der Waals surface area contributed by atoms with Crippen LogP contribution in [0.5, 0.6) is 0 Å². The molecular weight excluding hydrogens is 333 g/mol. The van der Waals surface area contributed by atoms with Gasteiger partial charge in [-0.15, -0.1) is 0 Å². The molecule has 116 valence electrons. The van der Waals surface area contributed by atoms with Gasteiger partial charge in [0.15, 0.2) is 0 Å². The van der Waals surface area contributed by atoms with Crippen molar-refractivity contribution < 1.29 is 22.3 Å². The van der Waals surface area contributed by atoms with E-state index in [4.69, 9.17) is 21.5 Å². The van der Waals surface area contributed by atoms with E-state index in [1.807, 2.05) is 0 Å². The summed E-state index contributed by atoms with van der Waals surface area (Å²) in [7, 11) is -4.05. The first-order valence-corrected chi connectivity index (χ1v) is 7.94. The lowest BCUT2D eigenvalue weighted by Gasteiger charge is -2.07. The van der Waals surface area contributed by atoms with E-state index in [9.17, 15) is 17.6 Å². The normalized spacial score (nSPS) is 11.2. The summed E-state index contributed by atoms with van der Waals surface area (Å²) in [5.41, 5.74) is 0.443. The highest BCUT2D eigenvalue weighted by atomic mass is 35.5. The van der Waals surface area contributed by atoms with Gasteiger partial charge >= 0.3 is 5.97 Å². The predicted molar refractivity (Wildman–Crippen MR) is 78.3 cm³/mol. The number of halogens is 2. The molecule has 0 fully saturated rings. The SMILES string of the molecule is NS(=O)(=O)c1cc(C(=O)OCc2cccc(F)c2)ccc1Cl. The Morgan fingerprint density at radius 2 is 1.95 bits per heavy atom. The minimum atomic E-state index is -4.05. The Kier molecular flexibility index (Phi) is 4.80. The van der Waals surface area contributed by atoms with E-state index in [1.54, 1.807) is 6.07 Å². The highest BCUT2D eigenvalue weighted by Crippen LogP contribution is 2.22. The maximum atomic E-state index is 13.0. The molecule has 0 radical (unpaired) electrons. The highest BCUT2D eigenvalue weighted by molar-refractivity contribution is 7.89. The van der Waals surface area contributed by atoms with Crippen molar-refractivity contribution in [1.82, 2.24) is 0 Å². The quantitative estimate of drug-likeness (QED) is 0.864. The number of nitrogens with two attached hydrogens (primary N) is 1. The van der Waals surface area contributed by atoms with Crippen molar-refractivity contribution in [3.8, 4) is 0 Å². The van der Waals surface area contributed by atoms with Gasteiger partial charge in [-0.05, 0) is 35.9 Å². The Bertz CT molecular complexity index is 823. The maximum absolute atomic E-state index is 13.0. The van der Waals surface area contributed by atoms with Crippen LogP contribution in [0.3, 0.4) is 0 Å². The van der Waals surface area contributed by atoms with E-state index in [2.05, 4.69) is 0 Å². The summed E-state index contributed by atoms with van der Waals surface area (Å²) in [4.78, 5) is 11.5. The summed E-state index contributed by atoms with van der Waals surface area (Å²) < 4.78 is 40.7. The summed E-state index contributed by atoms with van der Waals surface area (Å²) in [5, 5.41) is 4.91. The third kappa shape index (κ3) is 4.03. The molecule has 2 aromatic carbocycles. The van der Waals surface area contributed by atoms with Crippen molar-refractivity contribution in [3.05, 3.63) is 64.4 Å². The predicted octanol–water partition coefficient (Wildman–Crippen LogP) is 2.48. The minimum Gasteiger partial charge on any atom is -0.457 e. The molecule has 0 aliphatic heterocycles. The Labute approximate surface area is 131 Å². The lowest BCUT2D eigenvalue weighted by Crippen LogP contribution is -2.14. The molecule has 22 heavy (non-hydrogen) atoms. The third-order valence-electron chi connectivity index (χ3n) is 2.73. The number of esters is 1. The number of hydrogen-bond acceptors (Lipinski definition) is 4. The van der Waals surface area contributed by atoms with Crippen LogP contribution in [-0.4, -0.2) is 14.4 Å². The van der Waals surface area contributed by atoms with Gasteiger partial charge in [-0.2, -0.15) is 0 Å². The Hall–Kier alpha value is -1.96. The molecule has 0 aliphatic carbocycles. The van der Waals surface area contributed by atoms with Gasteiger partial charge in [0, 0.05) is 0 Å². The summed E-state index contributed by atoms with van der Waals surface area (Å²) in [6.07, 6.45) is 0. The molecule has 0 bridgehead atoms. The third-order valence-corrected chi connectivity index (χ3v) is 4.12. The van der Waals surface area contributed by atoms with Gasteiger partial charge in [-0.3, -0.25) is 0 Å². The number of carbonyl (C=O) groups excluding carboxylic acids is 1. The van der Waals surface area contributed by atoms with E-state index in [-0.39, 0.29) is 22.1 Å². The lowest BCUT2D eigenvalue weighted by molar-refractivity contribution is 0.0472. The average molecular weight is 344 g/mol. The minimum absolute atomic E-state index is 0.0233. The topological polar surface area (TPSA) is 86.5 Å². The fraction of sp³-hybridized carbons (Fsp3) is 0.0714. The largest absolute Gasteiger partial charge is 0.457 e. The molecule has 0 saturated heterocycles. The van der Waals surface area contributed by atoms with Crippen LogP contribution in [0, 0.1) is 5.82 Å². The summed E-state index contributed by atoms with van der Waals surface area (Å²) in [6, 6.07) is 9.15. The summed E-state index contributed by atoms with van der Waals surface area (Å²) >= 11 is 5.72. The first-order chi connectivity index (χ1) is 10.3. The van der Waals surface area contributed by atoms with Crippen LogP contribution in [-0.2, 0) is 21.4 Å². The van der Waals surface area contributed by atoms with Crippen molar-refractivity contribution in [2.24, 2.45) is 5.14 Å². The summed E-state index contributed by atoms with van der Waals surface area (Å²) in [6.45, 7) is -0.149. The molecule has 0 atom stereocenters. The van der Waals surface area contributed by atoms with E-state index in [0.29, 0.717) is 5.56 Å². The number of sulfonamides is 1. The number of primary sulfonamides is 1. The molecule has 0 amide bonds. The zero-order valence-electron chi connectivity index (χ0n) is 11.1. The van der Waals surface area contributed by atoms with Crippen LogP contribution in [0.25, 0.3) is 0 Å². The molecule has 2 N–H and O–H groups in total. The highest BCUT2D eigenvalue weighted by Gasteiger charge is 2.17. The standard InChI is InChI=1S/C14H11ClFNO4S/c15-12-5-4-10(7-13(12)22(17,19)20)14(18)21-8-9-2-1-3-11(16)6-9/h1-7H,8H2,(H2,17,19,20).